The van der Waals surface area contributed by atoms with Crippen molar-refractivity contribution >= 4 is 23.3 Å². The van der Waals surface area contributed by atoms with Crippen molar-refractivity contribution in [2.45, 2.75) is 13.0 Å². The number of anilines is 2. The first-order chi connectivity index (χ1) is 11.5. The van der Waals surface area contributed by atoms with Crippen LogP contribution < -0.4 is 15.5 Å². The molecule has 1 aromatic rings. The molecule has 0 radical (unpaired) electrons. The molecular formula is C16H21FN4O3. The maximum absolute atomic E-state index is 14.5. The Morgan fingerprint density at radius 1 is 1.42 bits per heavy atom. The Bertz CT molecular complexity index is 642. The second-order valence-electron chi connectivity index (χ2n) is 5.83. The van der Waals surface area contributed by atoms with Gasteiger partial charge in [0.1, 0.15) is 11.9 Å². The van der Waals surface area contributed by atoms with E-state index in [-0.39, 0.29) is 11.9 Å². The molecule has 1 amide bonds. The van der Waals surface area contributed by atoms with E-state index in [1.54, 1.807) is 19.1 Å². The van der Waals surface area contributed by atoms with Gasteiger partial charge in [0.15, 0.2) is 0 Å². The molecule has 8 heteroatoms. The highest BCUT2D eigenvalue weighted by Crippen LogP contribution is 2.28. The van der Waals surface area contributed by atoms with E-state index in [2.05, 4.69) is 4.99 Å². The van der Waals surface area contributed by atoms with Crippen LogP contribution in [0.15, 0.2) is 23.2 Å². The molecular weight excluding hydrogens is 315 g/mol. The van der Waals surface area contributed by atoms with Crippen LogP contribution in [0.5, 0.6) is 0 Å². The SMILES string of the molecule is CC(N)=NCC1CN(c2ccc(N3CCOCC3)c(F)c2)C(=O)O1. The second-order valence-corrected chi connectivity index (χ2v) is 5.83. The summed E-state index contributed by atoms with van der Waals surface area (Å²) in [6.45, 7) is 4.78. The number of aliphatic imine (C=N–C) groups is 1. The predicted octanol–water partition coefficient (Wildman–Crippen LogP) is 1.36. The summed E-state index contributed by atoms with van der Waals surface area (Å²) in [4.78, 5) is 19.4. The fourth-order valence-electron chi connectivity index (χ4n) is 2.80. The number of carbonyl (C=O) groups is 1. The van der Waals surface area contributed by atoms with Crippen LogP contribution in [0.25, 0.3) is 0 Å². The van der Waals surface area contributed by atoms with E-state index >= 15 is 0 Å². The molecule has 1 unspecified atom stereocenters. The average Bonchev–Trinajstić information content (AvgIpc) is 2.94. The zero-order valence-corrected chi connectivity index (χ0v) is 13.6. The van der Waals surface area contributed by atoms with E-state index in [4.69, 9.17) is 15.2 Å². The van der Waals surface area contributed by atoms with Gasteiger partial charge in [-0.15, -0.1) is 0 Å². The van der Waals surface area contributed by atoms with Gasteiger partial charge in [0, 0.05) is 13.1 Å². The lowest BCUT2D eigenvalue weighted by molar-refractivity contribution is 0.122. The highest BCUT2D eigenvalue weighted by atomic mass is 19.1. The summed E-state index contributed by atoms with van der Waals surface area (Å²) in [5.74, 6) is 0.0758. The summed E-state index contributed by atoms with van der Waals surface area (Å²) in [5.41, 5.74) is 6.49. The highest BCUT2D eigenvalue weighted by molar-refractivity contribution is 5.90. The number of morpholine rings is 1. The number of ether oxygens (including phenoxy) is 2. The van der Waals surface area contributed by atoms with Gasteiger partial charge in [-0.3, -0.25) is 9.89 Å². The number of rotatable bonds is 4. The zero-order chi connectivity index (χ0) is 17.1. The Hall–Kier alpha value is -2.35. The van der Waals surface area contributed by atoms with Crippen molar-refractivity contribution < 1.29 is 18.7 Å². The number of nitrogens with two attached hydrogens (primary N) is 1. The maximum Gasteiger partial charge on any atom is 0.414 e. The van der Waals surface area contributed by atoms with E-state index < -0.39 is 6.09 Å². The molecule has 1 aromatic carbocycles. The molecule has 0 spiro atoms. The minimum Gasteiger partial charge on any atom is -0.442 e. The van der Waals surface area contributed by atoms with Crippen molar-refractivity contribution in [2.75, 3.05) is 49.2 Å². The van der Waals surface area contributed by atoms with Gasteiger partial charge in [-0.05, 0) is 25.1 Å². The summed E-state index contributed by atoms with van der Waals surface area (Å²) < 4.78 is 25.0. The molecule has 2 aliphatic heterocycles. The maximum atomic E-state index is 14.5. The Kier molecular flexibility index (Phi) is 4.84. The van der Waals surface area contributed by atoms with Crippen molar-refractivity contribution in [3.05, 3.63) is 24.0 Å². The molecule has 7 nitrogen and oxygen atoms in total. The minimum absolute atomic E-state index is 0.304. The highest BCUT2D eigenvalue weighted by Gasteiger charge is 2.32. The lowest BCUT2D eigenvalue weighted by Crippen LogP contribution is -2.36. The summed E-state index contributed by atoms with van der Waals surface area (Å²) in [6, 6.07) is 4.79. The molecule has 130 valence electrons. The molecule has 0 bridgehead atoms. The molecule has 2 heterocycles. The van der Waals surface area contributed by atoms with Gasteiger partial charge in [0.05, 0.1) is 43.5 Å². The molecule has 0 aliphatic carbocycles. The topological polar surface area (TPSA) is 80.4 Å². The van der Waals surface area contributed by atoms with Crippen molar-refractivity contribution in [1.82, 2.24) is 0 Å². The van der Waals surface area contributed by atoms with Crippen LogP contribution in [0.4, 0.5) is 20.6 Å². The van der Waals surface area contributed by atoms with E-state index in [9.17, 15) is 9.18 Å². The Labute approximate surface area is 139 Å². The molecule has 1 atom stereocenters. The largest absolute Gasteiger partial charge is 0.442 e. The van der Waals surface area contributed by atoms with Gasteiger partial charge in [-0.2, -0.15) is 0 Å². The summed E-state index contributed by atoms with van der Waals surface area (Å²) in [5, 5.41) is 0. The van der Waals surface area contributed by atoms with Crippen LogP contribution >= 0.6 is 0 Å². The molecule has 2 fully saturated rings. The van der Waals surface area contributed by atoms with Gasteiger partial charge in [-0.25, -0.2) is 9.18 Å². The normalized spacial score (nSPS) is 22.0. The third-order valence-corrected chi connectivity index (χ3v) is 4.01. The first-order valence-corrected chi connectivity index (χ1v) is 7.91. The lowest BCUT2D eigenvalue weighted by atomic mass is 10.2. The first kappa shape index (κ1) is 16.5. The van der Waals surface area contributed by atoms with Crippen molar-refractivity contribution in [2.24, 2.45) is 10.7 Å². The van der Waals surface area contributed by atoms with Crippen molar-refractivity contribution in [3.8, 4) is 0 Å². The molecule has 3 rings (SSSR count). The van der Waals surface area contributed by atoms with Crippen LogP contribution in [0.2, 0.25) is 0 Å². The third-order valence-electron chi connectivity index (χ3n) is 4.01. The molecule has 0 aromatic heterocycles. The van der Waals surface area contributed by atoms with Gasteiger partial charge in [0.25, 0.3) is 0 Å². The van der Waals surface area contributed by atoms with Crippen LogP contribution in [0.3, 0.4) is 0 Å². The van der Waals surface area contributed by atoms with Crippen LogP contribution in [-0.2, 0) is 9.47 Å². The standard InChI is InChI=1S/C16H21FN4O3/c1-11(18)19-9-13-10-21(16(22)24-13)12-2-3-15(14(17)8-12)20-4-6-23-7-5-20/h2-3,8,13H,4-7,9-10H2,1H3,(H2,18,19). The molecule has 2 N–H and O–H groups in total. The Balaban J connectivity index is 1.72. The Morgan fingerprint density at radius 3 is 2.83 bits per heavy atom. The number of hydrogen-bond donors (Lipinski definition) is 1. The van der Waals surface area contributed by atoms with Gasteiger partial charge >= 0.3 is 6.09 Å². The number of cyclic esters (lactones) is 1. The fraction of sp³-hybridized carbons (Fsp3) is 0.500. The number of halogens is 1. The summed E-state index contributed by atoms with van der Waals surface area (Å²) in [6.07, 6.45) is -0.874. The number of nitrogens with zero attached hydrogens (tertiary/aromatic N) is 3. The first-order valence-electron chi connectivity index (χ1n) is 7.91. The van der Waals surface area contributed by atoms with Crippen LogP contribution in [0.1, 0.15) is 6.92 Å². The quantitative estimate of drug-likeness (QED) is 0.663. The molecule has 0 saturated carbocycles. The van der Waals surface area contributed by atoms with Crippen LogP contribution in [0, 0.1) is 5.82 Å². The second kappa shape index (κ2) is 7.04. The predicted molar refractivity (Wildman–Crippen MR) is 89.2 cm³/mol. The third kappa shape index (κ3) is 3.59. The van der Waals surface area contributed by atoms with E-state index in [0.29, 0.717) is 56.6 Å². The average molecular weight is 336 g/mol. The summed E-state index contributed by atoms with van der Waals surface area (Å²) in [7, 11) is 0. The van der Waals surface area contributed by atoms with Crippen molar-refractivity contribution in [3.63, 3.8) is 0 Å². The number of hydrogen-bond acceptors (Lipinski definition) is 5. The number of benzene rings is 1. The van der Waals surface area contributed by atoms with Gasteiger partial charge < -0.3 is 20.1 Å². The lowest BCUT2D eigenvalue weighted by Gasteiger charge is -2.29. The van der Waals surface area contributed by atoms with Gasteiger partial charge in [-0.1, -0.05) is 0 Å². The zero-order valence-electron chi connectivity index (χ0n) is 13.6. The molecule has 2 aliphatic rings. The number of carbonyl (C=O) groups excluding carboxylic acids is 1. The smallest absolute Gasteiger partial charge is 0.414 e. The molecule has 24 heavy (non-hydrogen) atoms. The van der Waals surface area contributed by atoms with Gasteiger partial charge in [0.2, 0.25) is 0 Å². The van der Waals surface area contributed by atoms with Crippen LogP contribution in [-0.4, -0.2) is 57.4 Å². The minimum atomic E-state index is -0.497. The van der Waals surface area contributed by atoms with E-state index in [1.165, 1.54) is 11.0 Å². The van der Waals surface area contributed by atoms with Crippen molar-refractivity contribution in [1.29, 1.82) is 0 Å². The summed E-state index contributed by atoms with van der Waals surface area (Å²) >= 11 is 0. The van der Waals surface area contributed by atoms with E-state index in [1.807, 2.05) is 4.90 Å². The van der Waals surface area contributed by atoms with E-state index in [0.717, 1.165) is 0 Å². The number of amidine groups is 1. The fourth-order valence-corrected chi connectivity index (χ4v) is 2.80. The Morgan fingerprint density at radius 2 is 2.17 bits per heavy atom. The monoisotopic (exact) mass is 336 g/mol. The molecule has 2 saturated heterocycles. The number of amides is 1.